The van der Waals surface area contributed by atoms with Crippen molar-refractivity contribution in [1.29, 1.82) is 5.26 Å². The number of aliphatic hydroxyl groups is 2. The van der Waals surface area contributed by atoms with Gasteiger partial charge < -0.3 is 15.5 Å². The summed E-state index contributed by atoms with van der Waals surface area (Å²) in [6, 6.07) is 8.90. The van der Waals surface area contributed by atoms with Gasteiger partial charge in [0.1, 0.15) is 0 Å². The molecule has 0 spiro atoms. The predicted molar refractivity (Wildman–Crippen MR) is 74.5 cm³/mol. The molecule has 0 saturated heterocycles. The van der Waals surface area contributed by atoms with Crippen LogP contribution in [0.25, 0.3) is 0 Å². The summed E-state index contributed by atoms with van der Waals surface area (Å²) in [5.41, 5.74) is 0.607. The SMILES string of the molecule is CCCC(C)(O)CNCC(O)c1ccc(C#N)cc1. The van der Waals surface area contributed by atoms with Crippen LogP contribution in [0.1, 0.15) is 43.9 Å². The molecule has 0 aliphatic rings. The summed E-state index contributed by atoms with van der Waals surface area (Å²) in [7, 11) is 0. The summed E-state index contributed by atoms with van der Waals surface area (Å²) in [5.74, 6) is 0. The second-order valence-electron chi connectivity index (χ2n) is 5.13. The molecule has 1 aromatic rings. The normalized spacial score (nSPS) is 15.5. The molecule has 1 aromatic carbocycles. The van der Waals surface area contributed by atoms with Crippen molar-refractivity contribution in [3.8, 4) is 6.07 Å². The van der Waals surface area contributed by atoms with Crippen LogP contribution in [0.15, 0.2) is 24.3 Å². The lowest BCUT2D eigenvalue weighted by atomic mass is 10.0. The van der Waals surface area contributed by atoms with E-state index < -0.39 is 11.7 Å². The third-order valence-corrected chi connectivity index (χ3v) is 3.06. The van der Waals surface area contributed by atoms with Gasteiger partial charge in [-0.25, -0.2) is 0 Å². The maximum Gasteiger partial charge on any atom is 0.0991 e. The molecule has 0 aromatic heterocycles. The molecule has 0 aliphatic carbocycles. The van der Waals surface area contributed by atoms with Crippen LogP contribution in [0.4, 0.5) is 0 Å². The zero-order chi connectivity index (χ0) is 14.3. The van der Waals surface area contributed by atoms with E-state index in [4.69, 9.17) is 5.26 Å². The van der Waals surface area contributed by atoms with Gasteiger partial charge in [-0.05, 0) is 31.0 Å². The minimum Gasteiger partial charge on any atom is -0.389 e. The molecule has 0 heterocycles. The van der Waals surface area contributed by atoms with Crippen molar-refractivity contribution in [2.75, 3.05) is 13.1 Å². The molecule has 2 unspecified atom stereocenters. The van der Waals surface area contributed by atoms with Crippen LogP contribution >= 0.6 is 0 Å². The molecule has 3 N–H and O–H groups in total. The molecule has 1 rings (SSSR count). The summed E-state index contributed by atoms with van der Waals surface area (Å²) >= 11 is 0. The third kappa shape index (κ3) is 5.39. The lowest BCUT2D eigenvalue weighted by Gasteiger charge is -2.24. The van der Waals surface area contributed by atoms with Crippen molar-refractivity contribution >= 4 is 0 Å². The van der Waals surface area contributed by atoms with Gasteiger partial charge in [0.05, 0.1) is 23.3 Å². The molecule has 0 amide bonds. The van der Waals surface area contributed by atoms with E-state index >= 15 is 0 Å². The Balaban J connectivity index is 2.42. The van der Waals surface area contributed by atoms with E-state index in [-0.39, 0.29) is 0 Å². The van der Waals surface area contributed by atoms with E-state index in [1.54, 1.807) is 31.2 Å². The molecular formula is C15H22N2O2. The Labute approximate surface area is 114 Å². The smallest absolute Gasteiger partial charge is 0.0991 e. The van der Waals surface area contributed by atoms with E-state index in [1.165, 1.54) is 0 Å². The van der Waals surface area contributed by atoms with Crippen molar-refractivity contribution in [2.45, 2.75) is 38.4 Å². The molecule has 2 atom stereocenters. The quantitative estimate of drug-likeness (QED) is 0.699. The van der Waals surface area contributed by atoms with Gasteiger partial charge in [-0.2, -0.15) is 5.26 Å². The molecule has 19 heavy (non-hydrogen) atoms. The van der Waals surface area contributed by atoms with Gasteiger partial charge in [-0.1, -0.05) is 25.5 Å². The maximum atomic E-state index is 9.99. The van der Waals surface area contributed by atoms with E-state index in [9.17, 15) is 10.2 Å². The fraction of sp³-hybridized carbons (Fsp3) is 0.533. The van der Waals surface area contributed by atoms with E-state index in [1.807, 2.05) is 13.0 Å². The average molecular weight is 262 g/mol. The second kappa shape index (κ2) is 7.25. The number of benzene rings is 1. The van der Waals surface area contributed by atoms with Gasteiger partial charge in [-0.15, -0.1) is 0 Å². The number of hydrogen-bond acceptors (Lipinski definition) is 4. The van der Waals surface area contributed by atoms with Crippen molar-refractivity contribution in [2.24, 2.45) is 0 Å². The minimum absolute atomic E-state index is 0.381. The Morgan fingerprint density at radius 3 is 2.53 bits per heavy atom. The number of hydrogen-bond donors (Lipinski definition) is 3. The Morgan fingerprint density at radius 2 is 2.00 bits per heavy atom. The number of nitriles is 1. The standard InChI is InChI=1S/C15H22N2O2/c1-3-8-15(2,19)11-17-10-14(18)13-6-4-12(9-16)5-7-13/h4-7,14,17-19H,3,8,10-11H2,1-2H3. The molecule has 4 nitrogen and oxygen atoms in total. The fourth-order valence-electron chi connectivity index (χ4n) is 2.00. The minimum atomic E-state index is -0.737. The van der Waals surface area contributed by atoms with Crippen molar-refractivity contribution in [1.82, 2.24) is 5.32 Å². The topological polar surface area (TPSA) is 76.3 Å². The summed E-state index contributed by atoms with van der Waals surface area (Å²) in [6.45, 7) is 4.65. The van der Waals surface area contributed by atoms with Crippen LogP contribution in [0.5, 0.6) is 0 Å². The highest BCUT2D eigenvalue weighted by atomic mass is 16.3. The Hall–Kier alpha value is -1.41. The first-order chi connectivity index (χ1) is 8.98. The number of nitrogens with one attached hydrogen (secondary N) is 1. The van der Waals surface area contributed by atoms with Crippen molar-refractivity contribution in [3.05, 3.63) is 35.4 Å². The molecule has 0 saturated carbocycles. The van der Waals surface area contributed by atoms with Crippen LogP contribution < -0.4 is 5.32 Å². The van der Waals surface area contributed by atoms with Gasteiger partial charge in [0.25, 0.3) is 0 Å². The van der Waals surface area contributed by atoms with Crippen LogP contribution in [-0.2, 0) is 0 Å². The molecule has 104 valence electrons. The fourth-order valence-corrected chi connectivity index (χ4v) is 2.00. The van der Waals surface area contributed by atoms with Gasteiger partial charge in [0.2, 0.25) is 0 Å². The summed E-state index contributed by atoms with van der Waals surface area (Å²) in [6.07, 6.45) is 1.02. The molecular weight excluding hydrogens is 240 g/mol. The van der Waals surface area contributed by atoms with Gasteiger partial charge in [0, 0.05) is 13.1 Å². The number of rotatable bonds is 7. The highest BCUT2D eigenvalue weighted by Crippen LogP contribution is 2.14. The zero-order valence-electron chi connectivity index (χ0n) is 11.6. The first-order valence-corrected chi connectivity index (χ1v) is 6.60. The third-order valence-electron chi connectivity index (χ3n) is 3.06. The Morgan fingerprint density at radius 1 is 1.37 bits per heavy atom. The highest BCUT2D eigenvalue weighted by molar-refractivity contribution is 5.32. The molecule has 0 radical (unpaired) electrons. The average Bonchev–Trinajstić information content (AvgIpc) is 2.38. The summed E-state index contributed by atoms with van der Waals surface area (Å²) in [5, 5.41) is 31.7. The zero-order valence-corrected chi connectivity index (χ0v) is 11.6. The summed E-state index contributed by atoms with van der Waals surface area (Å²) < 4.78 is 0. The van der Waals surface area contributed by atoms with Crippen molar-refractivity contribution in [3.63, 3.8) is 0 Å². The Bertz CT molecular complexity index is 421. The highest BCUT2D eigenvalue weighted by Gasteiger charge is 2.19. The Kier molecular flexibility index (Phi) is 5.97. The first kappa shape index (κ1) is 15.6. The molecule has 0 aliphatic heterocycles. The van der Waals surface area contributed by atoms with E-state index in [2.05, 4.69) is 5.32 Å². The van der Waals surface area contributed by atoms with Crippen LogP contribution in [0.3, 0.4) is 0 Å². The summed E-state index contributed by atoms with van der Waals surface area (Å²) in [4.78, 5) is 0. The van der Waals surface area contributed by atoms with E-state index in [0.717, 1.165) is 18.4 Å². The second-order valence-corrected chi connectivity index (χ2v) is 5.13. The number of aliphatic hydroxyl groups excluding tert-OH is 1. The number of nitrogens with zero attached hydrogens (tertiary/aromatic N) is 1. The molecule has 4 heteroatoms. The molecule has 0 fully saturated rings. The van der Waals surface area contributed by atoms with Crippen LogP contribution in [-0.4, -0.2) is 28.9 Å². The van der Waals surface area contributed by atoms with Gasteiger partial charge in [-0.3, -0.25) is 0 Å². The lowest BCUT2D eigenvalue weighted by Crippen LogP contribution is -2.39. The van der Waals surface area contributed by atoms with Crippen LogP contribution in [0, 0.1) is 11.3 Å². The predicted octanol–water partition coefficient (Wildman–Crippen LogP) is 1.73. The van der Waals surface area contributed by atoms with Crippen LogP contribution in [0.2, 0.25) is 0 Å². The molecule has 0 bridgehead atoms. The monoisotopic (exact) mass is 262 g/mol. The lowest BCUT2D eigenvalue weighted by molar-refractivity contribution is 0.0461. The first-order valence-electron chi connectivity index (χ1n) is 6.60. The van der Waals surface area contributed by atoms with Gasteiger partial charge in [0.15, 0.2) is 0 Å². The van der Waals surface area contributed by atoms with Crippen molar-refractivity contribution < 1.29 is 10.2 Å². The maximum absolute atomic E-state index is 9.99. The van der Waals surface area contributed by atoms with Gasteiger partial charge >= 0.3 is 0 Å². The van der Waals surface area contributed by atoms with E-state index in [0.29, 0.717) is 18.7 Å². The largest absolute Gasteiger partial charge is 0.389 e.